The molecule has 292 valence electrons. The Kier molecular flexibility index (Phi) is 8.41. The molecule has 0 unspecified atom stereocenters. The molecule has 61 heavy (non-hydrogen) atoms. The maximum atomic E-state index is 14.9. The second-order valence-electron chi connectivity index (χ2n) is 17.2. The first-order valence-electron chi connectivity index (χ1n) is 20.7. The van der Waals surface area contributed by atoms with Crippen LogP contribution in [0.1, 0.15) is 26.3 Å². The van der Waals surface area contributed by atoms with Crippen LogP contribution in [0, 0.1) is 17.5 Å². The molecule has 0 atom stereocenters. The lowest BCUT2D eigenvalue weighted by atomic mass is 9.81. The van der Waals surface area contributed by atoms with E-state index in [-0.39, 0.29) is 11.0 Å². The maximum Gasteiger partial charge on any atom is 0.194 e. The van der Waals surface area contributed by atoms with Gasteiger partial charge in [0, 0.05) is 0 Å². The molecule has 0 amide bonds. The highest BCUT2D eigenvalue weighted by atomic mass is 19.2. The van der Waals surface area contributed by atoms with Gasteiger partial charge in [-0.1, -0.05) is 166 Å². The highest BCUT2D eigenvalue weighted by Gasteiger charge is 2.23. The molecule has 11 aromatic carbocycles. The summed E-state index contributed by atoms with van der Waals surface area (Å²) in [6.07, 6.45) is 0. The van der Waals surface area contributed by atoms with Gasteiger partial charge in [-0.15, -0.1) is 0 Å². The van der Waals surface area contributed by atoms with Crippen LogP contribution in [0.2, 0.25) is 0 Å². The van der Waals surface area contributed by atoms with E-state index in [0.29, 0.717) is 5.56 Å². The van der Waals surface area contributed by atoms with Crippen LogP contribution in [0.3, 0.4) is 0 Å². The van der Waals surface area contributed by atoms with Gasteiger partial charge < -0.3 is 0 Å². The Labute approximate surface area is 352 Å². The minimum atomic E-state index is -1.48. The molecule has 0 radical (unpaired) electrons. The van der Waals surface area contributed by atoms with Gasteiger partial charge in [-0.25, -0.2) is 13.2 Å². The molecular formula is C58H39F3. The van der Waals surface area contributed by atoms with Crippen LogP contribution in [0.5, 0.6) is 0 Å². The van der Waals surface area contributed by atoms with E-state index in [4.69, 9.17) is 0 Å². The molecule has 0 N–H and O–H groups in total. The van der Waals surface area contributed by atoms with E-state index in [1.165, 1.54) is 10.9 Å². The fraction of sp³-hybridized carbons (Fsp3) is 0.0690. The monoisotopic (exact) mass is 792 g/mol. The number of hydrogen-bond donors (Lipinski definition) is 0. The summed E-state index contributed by atoms with van der Waals surface area (Å²) in [5.41, 5.74) is 8.58. The van der Waals surface area contributed by atoms with Gasteiger partial charge in [-0.2, -0.15) is 0 Å². The summed E-state index contributed by atoms with van der Waals surface area (Å²) < 4.78 is 44.2. The van der Waals surface area contributed by atoms with Crippen molar-refractivity contribution in [2.24, 2.45) is 0 Å². The number of fused-ring (bicyclic) bond motifs is 8. The van der Waals surface area contributed by atoms with Crippen LogP contribution in [0.15, 0.2) is 182 Å². The first-order valence-corrected chi connectivity index (χ1v) is 20.7. The third-order valence-corrected chi connectivity index (χ3v) is 12.6. The Bertz CT molecular complexity index is 3570. The molecule has 0 bridgehead atoms. The minimum absolute atomic E-state index is 0.0208. The quantitative estimate of drug-likeness (QED) is 0.0946. The molecule has 3 heteroatoms. The summed E-state index contributed by atoms with van der Waals surface area (Å²) in [5, 5.41) is 13.1. The van der Waals surface area contributed by atoms with Crippen molar-refractivity contribution < 1.29 is 13.2 Å². The van der Waals surface area contributed by atoms with Crippen LogP contribution in [0.4, 0.5) is 13.2 Å². The zero-order chi connectivity index (χ0) is 41.6. The first-order chi connectivity index (χ1) is 29.6. The first kappa shape index (κ1) is 36.8. The van der Waals surface area contributed by atoms with Gasteiger partial charge in [0.05, 0.1) is 0 Å². The molecule has 0 aromatic heterocycles. The molecule has 0 heterocycles. The summed E-state index contributed by atoms with van der Waals surface area (Å²) in [6.45, 7) is 6.70. The molecule has 0 saturated heterocycles. The van der Waals surface area contributed by atoms with Crippen molar-refractivity contribution in [2.45, 2.75) is 26.2 Å². The Morgan fingerprint density at radius 2 is 0.705 bits per heavy atom. The molecule has 0 nitrogen and oxygen atoms in total. The van der Waals surface area contributed by atoms with Gasteiger partial charge in [0.25, 0.3) is 0 Å². The van der Waals surface area contributed by atoms with Gasteiger partial charge in [-0.3, -0.25) is 0 Å². The molecule has 0 aliphatic carbocycles. The fourth-order valence-corrected chi connectivity index (χ4v) is 9.57. The molecule has 0 aliphatic heterocycles. The number of halogens is 3. The molecule has 11 aromatic rings. The van der Waals surface area contributed by atoms with Gasteiger partial charge in [-0.05, 0) is 157 Å². The molecular weight excluding hydrogens is 754 g/mol. The highest BCUT2D eigenvalue weighted by molar-refractivity contribution is 6.29. The lowest BCUT2D eigenvalue weighted by molar-refractivity contribution is 0.448. The topological polar surface area (TPSA) is 0 Å². The number of rotatable bonds is 4. The summed E-state index contributed by atoms with van der Waals surface area (Å²) in [4.78, 5) is 0. The van der Waals surface area contributed by atoms with Gasteiger partial charge >= 0.3 is 0 Å². The molecule has 0 aliphatic rings. The lowest BCUT2D eigenvalue weighted by Gasteiger charge is -2.22. The number of benzene rings is 11. The summed E-state index contributed by atoms with van der Waals surface area (Å²) in [7, 11) is 0. The van der Waals surface area contributed by atoms with Crippen molar-refractivity contribution in [2.75, 3.05) is 0 Å². The molecule has 0 spiro atoms. The van der Waals surface area contributed by atoms with Gasteiger partial charge in [0.1, 0.15) is 0 Å². The van der Waals surface area contributed by atoms with Crippen molar-refractivity contribution in [3.63, 3.8) is 0 Å². The van der Waals surface area contributed by atoms with Crippen LogP contribution in [-0.4, -0.2) is 0 Å². The second kappa shape index (κ2) is 13.9. The Morgan fingerprint density at radius 1 is 0.311 bits per heavy atom. The van der Waals surface area contributed by atoms with E-state index in [1.807, 2.05) is 12.1 Å². The van der Waals surface area contributed by atoms with Gasteiger partial charge in [0.15, 0.2) is 17.5 Å². The van der Waals surface area contributed by atoms with Crippen LogP contribution in [-0.2, 0) is 5.41 Å². The normalized spacial score (nSPS) is 12.1. The molecule has 0 saturated carbocycles. The van der Waals surface area contributed by atoms with Crippen molar-refractivity contribution in [1.82, 2.24) is 0 Å². The standard InChI is InChI=1S/C58H39F3/c1-58(2,3)40-24-20-34(21-25-40)35-22-26-47-51(28-35)55(49-30-37-12-4-6-14-41(37)43-16-8-10-18-45(43)49)48-27-23-36(39-32-53(59)57(61)54(60)33-39)29-52(48)56(47)50-31-38-13-5-7-15-42(38)44-17-9-11-19-46(44)50/h4-33H,1-3H3. The third-order valence-electron chi connectivity index (χ3n) is 12.6. The zero-order valence-electron chi connectivity index (χ0n) is 34.0. The minimum Gasteiger partial charge on any atom is -0.204 e. The van der Waals surface area contributed by atoms with Crippen LogP contribution >= 0.6 is 0 Å². The Balaban J connectivity index is 1.34. The van der Waals surface area contributed by atoms with Crippen molar-refractivity contribution in [1.29, 1.82) is 0 Å². The highest BCUT2D eigenvalue weighted by Crippen LogP contribution is 2.50. The van der Waals surface area contributed by atoms with E-state index in [1.54, 1.807) is 0 Å². The SMILES string of the molecule is CC(C)(C)c1ccc(-c2ccc3c(-c4cc5ccccc5c5ccccc45)c4cc(-c5cc(F)c(F)c(F)c5)ccc4c(-c4cc5ccccc5c5ccccc45)c3c2)cc1. The fourth-order valence-electron chi connectivity index (χ4n) is 9.57. The van der Waals surface area contributed by atoms with Crippen LogP contribution in [0.25, 0.3) is 109 Å². The van der Waals surface area contributed by atoms with Crippen molar-refractivity contribution in [3.05, 3.63) is 205 Å². The smallest absolute Gasteiger partial charge is 0.194 e. The Hall–Kier alpha value is -7.23. The average Bonchev–Trinajstić information content (AvgIpc) is 3.29. The van der Waals surface area contributed by atoms with Gasteiger partial charge in [0.2, 0.25) is 0 Å². The predicted octanol–water partition coefficient (Wildman–Crippen LogP) is 17.0. The maximum absolute atomic E-state index is 14.9. The van der Waals surface area contributed by atoms with Crippen LogP contribution < -0.4 is 0 Å². The Morgan fingerprint density at radius 3 is 1.16 bits per heavy atom. The molecule has 0 fully saturated rings. The number of hydrogen-bond acceptors (Lipinski definition) is 0. The van der Waals surface area contributed by atoms with Crippen molar-refractivity contribution >= 4 is 64.6 Å². The third kappa shape index (κ3) is 5.98. The van der Waals surface area contributed by atoms with E-state index >= 15 is 0 Å². The zero-order valence-corrected chi connectivity index (χ0v) is 34.0. The molecule has 11 rings (SSSR count). The second-order valence-corrected chi connectivity index (χ2v) is 17.2. The van der Waals surface area contributed by atoms with E-state index in [9.17, 15) is 13.2 Å². The predicted molar refractivity (Wildman–Crippen MR) is 252 cm³/mol. The lowest BCUT2D eigenvalue weighted by Crippen LogP contribution is -2.10. The van der Waals surface area contributed by atoms with Crippen molar-refractivity contribution in [3.8, 4) is 44.5 Å². The van der Waals surface area contributed by atoms with E-state index in [0.717, 1.165) is 105 Å². The summed E-state index contributed by atoms with van der Waals surface area (Å²) in [6, 6.07) is 62.5. The van der Waals surface area contributed by atoms with E-state index in [2.05, 4.69) is 178 Å². The summed E-state index contributed by atoms with van der Waals surface area (Å²) in [5.74, 6) is -3.92. The van der Waals surface area contributed by atoms with E-state index < -0.39 is 17.5 Å². The average molecular weight is 793 g/mol. The largest absolute Gasteiger partial charge is 0.204 e. The summed E-state index contributed by atoms with van der Waals surface area (Å²) >= 11 is 0.